The molecule has 0 aliphatic heterocycles. The summed E-state index contributed by atoms with van der Waals surface area (Å²) < 4.78 is 81.6. The fraction of sp³-hybridized carbons (Fsp3) is 0.440. The predicted molar refractivity (Wildman–Crippen MR) is 122 cm³/mol. The van der Waals surface area contributed by atoms with Gasteiger partial charge in [-0.3, -0.25) is 0 Å². The van der Waals surface area contributed by atoms with E-state index in [9.17, 15) is 26.3 Å². The van der Waals surface area contributed by atoms with E-state index in [0.717, 1.165) is 23.3 Å². The molecule has 0 spiro atoms. The third-order valence-corrected chi connectivity index (χ3v) is 11.2. The summed E-state index contributed by atoms with van der Waals surface area (Å²) in [4.78, 5) is 0. The average molecular weight is 602 g/mol. The fourth-order valence-electron chi connectivity index (χ4n) is 4.45. The van der Waals surface area contributed by atoms with Crippen LogP contribution in [0, 0.1) is 5.92 Å². The molecule has 0 saturated heterocycles. The number of hydrogen-bond acceptors (Lipinski definition) is 0. The molecule has 0 heterocycles. The van der Waals surface area contributed by atoms with Crippen molar-refractivity contribution in [1.29, 1.82) is 0 Å². The Morgan fingerprint density at radius 1 is 0.882 bits per heavy atom. The molecule has 34 heavy (non-hydrogen) atoms. The summed E-state index contributed by atoms with van der Waals surface area (Å²) in [5.74, 6) is 0.287. The Morgan fingerprint density at radius 2 is 1.41 bits per heavy atom. The van der Waals surface area contributed by atoms with Crippen LogP contribution in [0.1, 0.15) is 72.5 Å². The molecule has 1 aliphatic carbocycles. The molecule has 0 fully saturated rings. The van der Waals surface area contributed by atoms with Crippen LogP contribution in [-0.4, -0.2) is 0 Å². The van der Waals surface area contributed by atoms with Crippen LogP contribution in [0.15, 0.2) is 35.9 Å². The van der Waals surface area contributed by atoms with E-state index in [4.69, 9.17) is 17.0 Å². The molecule has 2 aromatic carbocycles. The first-order chi connectivity index (χ1) is 15.4. The Balaban J connectivity index is 2.43. The molecule has 0 aromatic heterocycles. The predicted octanol–water partition coefficient (Wildman–Crippen LogP) is 10.1. The molecule has 185 valence electrons. The molecule has 0 radical (unpaired) electrons. The number of allylic oxidation sites excluding steroid dienone is 1. The summed E-state index contributed by atoms with van der Waals surface area (Å²) in [7, 11) is 13.0. The molecular weight excluding hydrogens is 576 g/mol. The zero-order valence-corrected chi connectivity index (χ0v) is 23.3. The van der Waals surface area contributed by atoms with E-state index in [1.54, 1.807) is 6.07 Å². The molecular formula is C25H25Cl2F6Zr. The molecule has 1 aliphatic rings. The second kappa shape index (κ2) is 9.59. The zero-order chi connectivity index (χ0) is 25.8. The Hall–Kier alpha value is -0.777. The van der Waals surface area contributed by atoms with Crippen LogP contribution in [-0.2, 0) is 37.1 Å². The summed E-state index contributed by atoms with van der Waals surface area (Å²) in [6.45, 7) is 9.72. The second-order valence-corrected chi connectivity index (χ2v) is 18.9. The van der Waals surface area contributed by atoms with Gasteiger partial charge in [-0.15, -0.1) is 0 Å². The SMILES string of the molecule is CC(C)CC1=Cc2c(ccc(C(C)(C)C)c2-c2cc(C(F)(F)F)cc(C(F)(F)F)c2)[CH]1[Zr]([Cl])[Cl]. The monoisotopic (exact) mass is 599 g/mol. The fourth-order valence-corrected chi connectivity index (χ4v) is 9.88. The van der Waals surface area contributed by atoms with Gasteiger partial charge in [-0.1, -0.05) is 0 Å². The van der Waals surface area contributed by atoms with Crippen molar-refractivity contribution in [2.45, 2.75) is 62.4 Å². The van der Waals surface area contributed by atoms with Crippen LogP contribution in [0.3, 0.4) is 0 Å². The zero-order valence-electron chi connectivity index (χ0n) is 19.3. The number of halogens is 8. The first-order valence-electron chi connectivity index (χ1n) is 10.8. The summed E-state index contributed by atoms with van der Waals surface area (Å²) in [5, 5.41) is 0. The van der Waals surface area contributed by atoms with Crippen LogP contribution >= 0.6 is 17.0 Å². The van der Waals surface area contributed by atoms with Gasteiger partial charge in [0.2, 0.25) is 0 Å². The van der Waals surface area contributed by atoms with Crippen LogP contribution in [0.25, 0.3) is 17.2 Å². The van der Waals surface area contributed by atoms with Gasteiger partial charge in [-0.05, 0) is 0 Å². The first kappa shape index (κ1) is 27.8. The van der Waals surface area contributed by atoms with Crippen molar-refractivity contribution < 1.29 is 45.7 Å². The Bertz CT molecular complexity index is 1080. The molecule has 1 unspecified atom stereocenters. The van der Waals surface area contributed by atoms with Gasteiger partial charge in [-0.2, -0.15) is 0 Å². The quantitative estimate of drug-likeness (QED) is 0.306. The van der Waals surface area contributed by atoms with Crippen molar-refractivity contribution in [2.24, 2.45) is 5.92 Å². The third kappa shape index (κ3) is 5.78. The maximum absolute atomic E-state index is 13.6. The third-order valence-electron chi connectivity index (χ3n) is 5.84. The van der Waals surface area contributed by atoms with Gasteiger partial charge in [0.15, 0.2) is 0 Å². The molecule has 0 N–H and O–H groups in total. The van der Waals surface area contributed by atoms with E-state index in [1.165, 1.54) is 0 Å². The van der Waals surface area contributed by atoms with E-state index >= 15 is 0 Å². The minimum absolute atomic E-state index is 0.112. The van der Waals surface area contributed by atoms with Gasteiger partial charge in [-0.25, -0.2) is 0 Å². The van der Waals surface area contributed by atoms with Crippen LogP contribution < -0.4 is 0 Å². The Labute approximate surface area is 211 Å². The summed E-state index contributed by atoms with van der Waals surface area (Å²) in [5.41, 5.74) is 0.146. The van der Waals surface area contributed by atoms with Crippen molar-refractivity contribution in [3.8, 4) is 11.1 Å². The summed E-state index contributed by atoms with van der Waals surface area (Å²) in [6, 6.07) is 5.46. The number of alkyl halides is 6. The molecule has 1 atom stereocenters. The molecule has 2 aromatic rings. The number of fused-ring (bicyclic) bond motifs is 1. The van der Waals surface area contributed by atoms with Crippen molar-refractivity contribution in [3.63, 3.8) is 0 Å². The van der Waals surface area contributed by atoms with E-state index in [-0.39, 0.29) is 21.2 Å². The number of hydrogen-bond donors (Lipinski definition) is 0. The normalized spacial score (nSPS) is 16.6. The molecule has 0 bridgehead atoms. The molecule has 0 saturated carbocycles. The standard InChI is InChI=1S/C25H25F6.2ClH.Zr/c1-14(2)8-15-9-16-6-7-21(23(3,4)5)22(20(16)10-15)17-11-18(24(26,27)28)13-19(12-17)25(29,30)31;;;/h6-7,9-14H,8H2,1-5H3;2*1H;/q;;;+2/p-2. The van der Waals surface area contributed by atoms with E-state index in [0.29, 0.717) is 23.1 Å². The number of rotatable bonds is 4. The van der Waals surface area contributed by atoms with Crippen molar-refractivity contribution in [1.82, 2.24) is 0 Å². The Morgan fingerprint density at radius 3 is 1.82 bits per heavy atom. The Kier molecular flexibility index (Phi) is 7.85. The minimum atomic E-state index is -4.93. The molecule has 9 heteroatoms. The topological polar surface area (TPSA) is 0 Å². The van der Waals surface area contributed by atoms with Crippen molar-refractivity contribution >= 4 is 23.1 Å². The maximum atomic E-state index is 13.6. The van der Waals surface area contributed by atoms with Crippen LogP contribution in [0.5, 0.6) is 0 Å². The summed E-state index contributed by atoms with van der Waals surface area (Å²) >= 11 is -2.93. The van der Waals surface area contributed by atoms with Gasteiger partial charge in [0.05, 0.1) is 0 Å². The van der Waals surface area contributed by atoms with Crippen LogP contribution in [0.2, 0.25) is 0 Å². The summed E-state index contributed by atoms with van der Waals surface area (Å²) in [6.07, 6.45) is -7.26. The van der Waals surface area contributed by atoms with E-state index < -0.39 is 48.3 Å². The first-order valence-corrected chi connectivity index (χ1v) is 18.5. The molecule has 0 nitrogen and oxygen atoms in total. The van der Waals surface area contributed by atoms with Gasteiger partial charge in [0.25, 0.3) is 0 Å². The van der Waals surface area contributed by atoms with E-state index in [2.05, 4.69) is 0 Å². The number of benzene rings is 2. The molecule has 3 rings (SSSR count). The molecule has 0 amide bonds. The van der Waals surface area contributed by atoms with Gasteiger partial charge in [0, 0.05) is 0 Å². The van der Waals surface area contributed by atoms with Crippen LogP contribution in [0.4, 0.5) is 26.3 Å². The van der Waals surface area contributed by atoms with Gasteiger partial charge in [0.1, 0.15) is 0 Å². The van der Waals surface area contributed by atoms with E-state index in [1.807, 2.05) is 46.8 Å². The van der Waals surface area contributed by atoms with Crippen molar-refractivity contribution in [2.75, 3.05) is 0 Å². The van der Waals surface area contributed by atoms with Crippen molar-refractivity contribution in [3.05, 3.63) is 63.7 Å². The van der Waals surface area contributed by atoms with Gasteiger partial charge < -0.3 is 0 Å². The van der Waals surface area contributed by atoms with Gasteiger partial charge >= 0.3 is 212 Å². The average Bonchev–Trinajstić information content (AvgIpc) is 3.01. The second-order valence-electron chi connectivity index (χ2n) is 10.1.